The van der Waals surface area contributed by atoms with Crippen LogP contribution in [0.15, 0.2) is 165 Å². The molecule has 19 nitrogen and oxygen atoms in total. The standard InChI is InChI=1S/C30H28N4O5S2.C30H27N3O5S2.CN.CH4O.B.Na/c1-34-14-4-5-21(34)18-39-22-11-8-19(9-12-22)30-32-17-23(40-30)16-31-28(35)20-10-13-27-25(15-20)33-29(36)24-6-2-3-7-26(24)41(27,37)38;34-28(21-11-14-27-25(15-21)33-29(35)24-7-3-4-8-26(24)40(27,36)37)31-16-23-17-32-30(39-23)20-9-12-22(13-10-20)38-18-19-5-1-2-6-19;2*1-2;;/h2-3,6-13,15,17,21H,4-5,14,16,18H2,1H3,(H,31,35)(H,33,36);3-4,7-15,17,19H,1-2,5-6,16,18H2,(H,31,34)(H,33,35);;2H,1H3;;/q;;-1;;;+1/t21-;;;;;/m1...../s1. The number of likely N-dealkylation sites (N-methyl/N-ethyl adjacent to an activating group) is 1. The van der Waals surface area contributed by atoms with E-state index in [1.807, 2.05) is 48.5 Å². The molecule has 3 radical (unpaired) electrons. The molecule has 2 fully saturated rings. The van der Waals surface area contributed by atoms with Crippen LogP contribution in [0.2, 0.25) is 0 Å². The number of sulfone groups is 2. The third kappa shape index (κ3) is 15.6. The molecule has 8 aromatic rings. The Kier molecular flexibility index (Phi) is 23.4. The van der Waals surface area contributed by atoms with E-state index < -0.39 is 43.3 Å². The number of likely N-dealkylation sites (tertiary alicyclic amines) is 1. The van der Waals surface area contributed by atoms with Gasteiger partial charge in [0, 0.05) is 66.0 Å². The first kappa shape index (κ1) is 67.0. The number of rotatable bonds is 14. The molecule has 4 amide bonds. The predicted octanol–water partition coefficient (Wildman–Crippen LogP) is 6.65. The van der Waals surface area contributed by atoms with Crippen molar-refractivity contribution in [1.29, 1.82) is 5.26 Å². The summed E-state index contributed by atoms with van der Waals surface area (Å²) in [5.41, 5.74) is 2.67. The topological polar surface area (TPSA) is 276 Å². The van der Waals surface area contributed by atoms with Crippen molar-refractivity contribution < 1.29 is 80.2 Å². The van der Waals surface area contributed by atoms with Gasteiger partial charge in [0.15, 0.2) is 0 Å². The number of carbonyl (C=O) groups is 4. The summed E-state index contributed by atoms with van der Waals surface area (Å²) in [7, 11) is -4.74. The maximum atomic E-state index is 13.2. The van der Waals surface area contributed by atoms with E-state index >= 15 is 0 Å². The predicted molar refractivity (Wildman–Crippen MR) is 327 cm³/mol. The third-order valence-corrected chi connectivity index (χ3v) is 20.5. The Labute approximate surface area is 537 Å². The molecule has 441 valence electrons. The summed E-state index contributed by atoms with van der Waals surface area (Å²) in [5.74, 6) is 0.464. The normalized spacial score (nSPS) is 15.8. The number of aliphatic hydroxyl groups is 1. The number of hydrogen-bond donors (Lipinski definition) is 5. The minimum absolute atomic E-state index is 0. The summed E-state index contributed by atoms with van der Waals surface area (Å²) in [4.78, 5) is 64.1. The zero-order valence-electron chi connectivity index (χ0n) is 47.8. The zero-order valence-corrected chi connectivity index (χ0v) is 53.1. The van der Waals surface area contributed by atoms with Crippen molar-refractivity contribution >= 4 is 85.8 Å². The van der Waals surface area contributed by atoms with Gasteiger partial charge in [0.1, 0.15) is 28.1 Å². The van der Waals surface area contributed by atoms with E-state index in [1.165, 1.54) is 115 Å². The number of anilines is 2. The van der Waals surface area contributed by atoms with Crippen molar-refractivity contribution in [2.24, 2.45) is 5.92 Å². The summed E-state index contributed by atoms with van der Waals surface area (Å²) in [6.45, 7) is 7.81. The van der Waals surface area contributed by atoms with Gasteiger partial charge in [-0.1, -0.05) is 37.1 Å². The van der Waals surface area contributed by atoms with Crippen LogP contribution in [0.4, 0.5) is 11.4 Å². The quantitative estimate of drug-likeness (QED) is 0.0563. The third-order valence-electron chi connectivity index (χ3n) is 14.6. The number of ether oxygens (including phenoxy) is 2. The van der Waals surface area contributed by atoms with Gasteiger partial charge in [-0.25, -0.2) is 26.8 Å². The van der Waals surface area contributed by atoms with E-state index in [2.05, 4.69) is 43.2 Å². The number of thiazole rings is 2. The summed E-state index contributed by atoms with van der Waals surface area (Å²) in [6.07, 6.45) is 10.9. The van der Waals surface area contributed by atoms with E-state index in [9.17, 15) is 36.0 Å². The first-order chi connectivity index (χ1) is 41.2. The van der Waals surface area contributed by atoms with E-state index in [4.69, 9.17) is 26.4 Å². The summed E-state index contributed by atoms with van der Waals surface area (Å²) in [5, 5.41) is 25.9. The van der Waals surface area contributed by atoms with E-state index in [0.29, 0.717) is 18.6 Å². The van der Waals surface area contributed by atoms with Gasteiger partial charge in [-0.05, 0) is 154 Å². The largest absolute Gasteiger partial charge is 1.00 e. The second-order valence-corrected chi connectivity index (χ2v) is 26.1. The molecular weight excluding hydrogens is 1190 g/mol. The molecule has 6 aromatic carbocycles. The number of hydrogen-bond acceptors (Lipinski definition) is 17. The number of benzene rings is 6. The van der Waals surface area contributed by atoms with Gasteiger partial charge in [0.2, 0.25) is 19.7 Å². The fraction of sp³-hybridized carbons (Fsp3) is 0.242. The second-order valence-electron chi connectivity index (χ2n) is 20.1. The van der Waals surface area contributed by atoms with Crippen molar-refractivity contribution in [1.82, 2.24) is 25.5 Å². The summed E-state index contributed by atoms with van der Waals surface area (Å²) < 4.78 is 64.6. The van der Waals surface area contributed by atoms with Crippen LogP contribution in [0.3, 0.4) is 0 Å². The Balaban J connectivity index is 0.000000230. The average Bonchev–Trinajstić information content (AvgIpc) is 1.88. The van der Waals surface area contributed by atoms with E-state index in [-0.39, 0.29) is 104 Å². The zero-order chi connectivity index (χ0) is 60.3. The van der Waals surface area contributed by atoms with Gasteiger partial charge in [-0.3, -0.25) is 19.2 Å². The minimum atomic E-state index is -3.94. The second kappa shape index (κ2) is 30.4. The fourth-order valence-electron chi connectivity index (χ4n) is 10.1. The molecule has 3 aliphatic heterocycles. The first-order valence-electron chi connectivity index (χ1n) is 27.1. The molecule has 5 N–H and O–H groups in total. The van der Waals surface area contributed by atoms with Crippen LogP contribution < -0.4 is 60.3 Å². The van der Waals surface area contributed by atoms with Gasteiger partial charge < -0.3 is 52.6 Å². The van der Waals surface area contributed by atoms with Crippen LogP contribution in [-0.2, 0) is 32.8 Å². The van der Waals surface area contributed by atoms with Gasteiger partial charge in [0.05, 0.1) is 61.8 Å². The first-order valence-corrected chi connectivity index (χ1v) is 31.7. The molecule has 12 rings (SSSR count). The average molecular weight is 1250 g/mol. The number of amides is 4. The van der Waals surface area contributed by atoms with E-state index in [1.54, 1.807) is 36.7 Å². The maximum Gasteiger partial charge on any atom is 1.00 e. The molecule has 1 atom stereocenters. The smallest absolute Gasteiger partial charge is 0.512 e. The summed E-state index contributed by atoms with van der Waals surface area (Å²) >= 11 is 2.95. The molecule has 0 spiro atoms. The Morgan fingerprint density at radius 2 is 1.05 bits per heavy atom. The van der Waals surface area contributed by atoms with Crippen LogP contribution in [0.5, 0.6) is 11.5 Å². The molecule has 0 unspecified atom stereocenters. The monoisotopic (exact) mass is 1250 g/mol. The molecule has 2 aromatic heterocycles. The van der Waals surface area contributed by atoms with Crippen LogP contribution in [0.1, 0.15) is 89.7 Å². The number of fused-ring (bicyclic) bond motifs is 4. The van der Waals surface area contributed by atoms with Crippen LogP contribution in [0, 0.1) is 17.8 Å². The maximum absolute atomic E-state index is 13.2. The number of nitrogens with one attached hydrogen (secondary N) is 4. The molecular formula is C62H59BN8NaO11S4. The van der Waals surface area contributed by atoms with Crippen molar-refractivity contribution in [3.05, 3.63) is 184 Å². The van der Waals surface area contributed by atoms with Crippen LogP contribution in [0.25, 0.3) is 21.1 Å². The van der Waals surface area contributed by atoms with Gasteiger partial charge in [0.25, 0.3) is 23.6 Å². The SMILES string of the molecule is CN1CCC[C@@H]1COc1ccc(-c2ncc(CNC(=O)c3ccc4c(c3)NC(=O)c3ccccc3S4(=O)=O)s2)cc1.CO.O=C(NCc1cnc(-c2ccc(OCC3CCCC3)cc2)s1)c1ccc2c(c1)NC(=O)c1ccccc1S2(=O)=O.[B].[C-]#N.[Na+]. The number of carbonyl (C=O) groups excluding carboxylic acids is 4. The molecule has 87 heavy (non-hydrogen) atoms. The Hall–Kier alpha value is -7.57. The molecule has 4 aliphatic rings. The molecule has 1 saturated heterocycles. The Morgan fingerprint density at radius 3 is 1.47 bits per heavy atom. The van der Waals surface area contributed by atoms with Gasteiger partial charge >= 0.3 is 29.6 Å². The molecule has 25 heteroatoms. The van der Waals surface area contributed by atoms with Crippen molar-refractivity contribution in [3.8, 4) is 32.6 Å². The fourth-order valence-corrected chi connectivity index (χ4v) is 15.0. The minimum Gasteiger partial charge on any atom is -0.512 e. The molecule has 5 heterocycles. The van der Waals surface area contributed by atoms with Gasteiger partial charge in [-0.2, -0.15) is 0 Å². The summed E-state index contributed by atoms with van der Waals surface area (Å²) in [6, 6.07) is 36.7. The van der Waals surface area contributed by atoms with Gasteiger partial charge in [-0.15, -0.1) is 22.7 Å². The number of aliphatic hydroxyl groups excluding tert-OH is 1. The van der Waals surface area contributed by atoms with Crippen molar-refractivity contribution in [2.45, 2.75) is 77.2 Å². The molecule has 1 aliphatic carbocycles. The molecule has 0 bridgehead atoms. The van der Waals surface area contributed by atoms with E-state index in [0.717, 1.165) is 69.1 Å². The van der Waals surface area contributed by atoms with Crippen LogP contribution in [-0.4, -0.2) is 109 Å². The van der Waals surface area contributed by atoms with Crippen molar-refractivity contribution in [2.75, 3.05) is 44.5 Å². The molecule has 1 saturated carbocycles. The number of aromatic nitrogens is 2. The number of nitrogens with zero attached hydrogens (tertiary/aromatic N) is 4. The van der Waals surface area contributed by atoms with Crippen molar-refractivity contribution in [3.63, 3.8) is 0 Å². The van der Waals surface area contributed by atoms with Crippen LogP contribution >= 0.6 is 22.7 Å². The Morgan fingerprint density at radius 1 is 0.621 bits per heavy atom. The Bertz CT molecular complexity index is 4010.